The Bertz CT molecular complexity index is 1100. The van der Waals surface area contributed by atoms with E-state index in [0.717, 1.165) is 28.4 Å². The van der Waals surface area contributed by atoms with Crippen LogP contribution in [0.3, 0.4) is 0 Å². The Balaban J connectivity index is 1.68. The van der Waals surface area contributed by atoms with Gasteiger partial charge in [-0.1, -0.05) is 38.1 Å². The Labute approximate surface area is 189 Å². The zero-order chi connectivity index (χ0) is 22.7. The van der Waals surface area contributed by atoms with Gasteiger partial charge >= 0.3 is 0 Å². The lowest BCUT2D eigenvalue weighted by atomic mass is 9.98. The molecule has 0 fully saturated rings. The smallest absolute Gasteiger partial charge is 0.275 e. The van der Waals surface area contributed by atoms with Crippen LogP contribution in [-0.2, 0) is 4.79 Å². The summed E-state index contributed by atoms with van der Waals surface area (Å²) in [5.74, 6) is 1.90. The summed E-state index contributed by atoms with van der Waals surface area (Å²) in [5.41, 5.74) is 4.52. The molecule has 32 heavy (non-hydrogen) atoms. The molecule has 0 spiro atoms. The lowest BCUT2D eigenvalue weighted by Crippen LogP contribution is -2.30. The lowest BCUT2D eigenvalue weighted by molar-refractivity contribution is -0.114. The van der Waals surface area contributed by atoms with Gasteiger partial charge in [0, 0.05) is 11.4 Å². The van der Waals surface area contributed by atoms with Crippen LogP contribution < -0.4 is 19.7 Å². The van der Waals surface area contributed by atoms with Gasteiger partial charge < -0.3 is 14.8 Å². The monoisotopic (exact) mass is 428 g/mol. The van der Waals surface area contributed by atoms with E-state index in [1.54, 1.807) is 14.2 Å². The first-order valence-corrected chi connectivity index (χ1v) is 10.7. The molecule has 1 heterocycles. The van der Waals surface area contributed by atoms with Crippen LogP contribution in [-0.4, -0.2) is 20.1 Å². The number of anilines is 2. The molecule has 0 aliphatic carbocycles. The maximum Gasteiger partial charge on any atom is 0.275 e. The molecular formula is C27H28N2O3. The van der Waals surface area contributed by atoms with E-state index in [9.17, 15) is 4.79 Å². The molecule has 0 unspecified atom stereocenters. The Kier molecular flexibility index (Phi) is 6.17. The van der Waals surface area contributed by atoms with Gasteiger partial charge in [0.25, 0.3) is 5.91 Å². The minimum atomic E-state index is -0.210. The molecule has 1 atom stereocenters. The van der Waals surface area contributed by atoms with E-state index < -0.39 is 0 Å². The van der Waals surface area contributed by atoms with Crippen molar-refractivity contribution in [3.63, 3.8) is 0 Å². The SMILES string of the molecule is COc1ccc(NC2=C[C@@H](c3ccc(C(C)C)cc3)N(c3ccc(OC)cc3)C2=O)cc1. The van der Waals surface area contributed by atoms with Gasteiger partial charge in [-0.2, -0.15) is 0 Å². The number of benzene rings is 3. The average molecular weight is 429 g/mol. The molecule has 0 aromatic heterocycles. The summed E-state index contributed by atoms with van der Waals surface area (Å²) in [4.78, 5) is 15.3. The fraction of sp³-hybridized carbons (Fsp3) is 0.222. The molecule has 0 radical (unpaired) electrons. The van der Waals surface area contributed by atoms with E-state index in [4.69, 9.17) is 9.47 Å². The topological polar surface area (TPSA) is 50.8 Å². The summed E-state index contributed by atoms with van der Waals surface area (Å²) in [6, 6.07) is 23.4. The number of nitrogens with one attached hydrogen (secondary N) is 1. The Morgan fingerprint density at radius 2 is 1.38 bits per heavy atom. The predicted molar refractivity (Wildman–Crippen MR) is 128 cm³/mol. The number of carbonyl (C=O) groups excluding carboxylic acids is 1. The lowest BCUT2D eigenvalue weighted by Gasteiger charge is -2.25. The number of hydrogen-bond acceptors (Lipinski definition) is 4. The molecule has 1 aliphatic rings. The van der Waals surface area contributed by atoms with Crippen LogP contribution in [0, 0.1) is 0 Å². The third kappa shape index (κ3) is 4.33. The molecule has 3 aromatic carbocycles. The summed E-state index contributed by atoms with van der Waals surface area (Å²) < 4.78 is 10.5. The maximum atomic E-state index is 13.5. The third-order valence-electron chi connectivity index (χ3n) is 5.72. The molecule has 0 saturated heterocycles. The number of carbonyl (C=O) groups is 1. The molecule has 0 bridgehead atoms. The molecule has 1 aliphatic heterocycles. The van der Waals surface area contributed by atoms with Gasteiger partial charge in [0.2, 0.25) is 0 Å². The average Bonchev–Trinajstić information content (AvgIpc) is 3.15. The Morgan fingerprint density at radius 3 is 1.91 bits per heavy atom. The van der Waals surface area contributed by atoms with Gasteiger partial charge in [0.1, 0.15) is 17.2 Å². The highest BCUT2D eigenvalue weighted by Gasteiger charge is 2.34. The highest BCUT2D eigenvalue weighted by molar-refractivity contribution is 6.11. The zero-order valence-electron chi connectivity index (χ0n) is 18.8. The van der Waals surface area contributed by atoms with Crippen molar-refractivity contribution in [1.29, 1.82) is 0 Å². The second-order valence-corrected chi connectivity index (χ2v) is 8.07. The molecule has 5 nitrogen and oxygen atoms in total. The number of nitrogens with zero attached hydrogens (tertiary/aromatic N) is 1. The van der Waals surface area contributed by atoms with Crippen LogP contribution in [0.25, 0.3) is 0 Å². The zero-order valence-corrected chi connectivity index (χ0v) is 18.8. The molecule has 1 amide bonds. The van der Waals surface area contributed by atoms with Crippen molar-refractivity contribution >= 4 is 17.3 Å². The van der Waals surface area contributed by atoms with E-state index in [1.165, 1.54) is 5.56 Å². The molecular weight excluding hydrogens is 400 g/mol. The first kappa shape index (κ1) is 21.5. The Morgan fingerprint density at radius 1 is 0.812 bits per heavy atom. The molecule has 164 valence electrons. The van der Waals surface area contributed by atoms with Crippen LogP contribution in [0.1, 0.15) is 36.9 Å². The fourth-order valence-corrected chi connectivity index (χ4v) is 3.83. The quantitative estimate of drug-likeness (QED) is 0.508. The second kappa shape index (κ2) is 9.18. The number of rotatable bonds is 7. The molecule has 3 aromatic rings. The van der Waals surface area contributed by atoms with E-state index in [2.05, 4.69) is 43.4 Å². The van der Waals surface area contributed by atoms with Gasteiger partial charge in [-0.15, -0.1) is 0 Å². The van der Waals surface area contributed by atoms with Crippen LogP contribution >= 0.6 is 0 Å². The summed E-state index contributed by atoms with van der Waals surface area (Å²) in [6.07, 6.45) is 1.99. The number of hydrogen-bond donors (Lipinski definition) is 1. The predicted octanol–water partition coefficient (Wildman–Crippen LogP) is 5.91. The Hall–Kier alpha value is -3.73. The molecule has 4 rings (SSSR count). The van der Waals surface area contributed by atoms with Crippen LogP contribution in [0.15, 0.2) is 84.6 Å². The first-order valence-electron chi connectivity index (χ1n) is 10.7. The van der Waals surface area contributed by atoms with Crippen molar-refractivity contribution < 1.29 is 14.3 Å². The van der Waals surface area contributed by atoms with Crippen molar-refractivity contribution in [2.45, 2.75) is 25.8 Å². The number of ether oxygens (including phenoxy) is 2. The standard InChI is InChI=1S/C27H28N2O3/c1-18(2)19-5-7-20(8-6-19)26-17-25(28-21-9-13-23(31-3)14-10-21)27(30)29(26)22-11-15-24(32-4)16-12-22/h5-18,26,28H,1-4H3/t26-/m0/s1. The molecule has 5 heteroatoms. The first-order chi connectivity index (χ1) is 15.5. The summed E-state index contributed by atoms with van der Waals surface area (Å²) in [7, 11) is 3.26. The second-order valence-electron chi connectivity index (χ2n) is 8.07. The van der Waals surface area contributed by atoms with Crippen molar-refractivity contribution in [3.05, 3.63) is 95.7 Å². The van der Waals surface area contributed by atoms with Gasteiger partial charge in [-0.05, 0) is 71.7 Å². The third-order valence-corrected chi connectivity index (χ3v) is 5.72. The molecule has 1 N–H and O–H groups in total. The van der Waals surface area contributed by atoms with Gasteiger partial charge in [0.05, 0.1) is 20.3 Å². The molecule has 0 saturated carbocycles. The summed E-state index contributed by atoms with van der Waals surface area (Å²) in [6.45, 7) is 4.35. The fourth-order valence-electron chi connectivity index (χ4n) is 3.83. The van der Waals surface area contributed by atoms with Crippen molar-refractivity contribution in [2.24, 2.45) is 0 Å². The van der Waals surface area contributed by atoms with E-state index >= 15 is 0 Å². The van der Waals surface area contributed by atoms with Gasteiger partial charge in [-0.3, -0.25) is 9.69 Å². The summed E-state index contributed by atoms with van der Waals surface area (Å²) in [5, 5.41) is 3.28. The minimum absolute atomic E-state index is 0.0797. The van der Waals surface area contributed by atoms with E-state index in [1.807, 2.05) is 59.5 Å². The highest BCUT2D eigenvalue weighted by atomic mass is 16.5. The summed E-state index contributed by atoms with van der Waals surface area (Å²) >= 11 is 0. The van der Waals surface area contributed by atoms with E-state index in [0.29, 0.717) is 11.6 Å². The van der Waals surface area contributed by atoms with E-state index in [-0.39, 0.29) is 11.9 Å². The van der Waals surface area contributed by atoms with Crippen LogP contribution in [0.5, 0.6) is 11.5 Å². The van der Waals surface area contributed by atoms with Crippen LogP contribution in [0.2, 0.25) is 0 Å². The number of amides is 1. The number of methoxy groups -OCH3 is 2. The normalized spacial score (nSPS) is 15.7. The van der Waals surface area contributed by atoms with Crippen LogP contribution in [0.4, 0.5) is 11.4 Å². The largest absolute Gasteiger partial charge is 0.497 e. The minimum Gasteiger partial charge on any atom is -0.497 e. The van der Waals surface area contributed by atoms with Crippen molar-refractivity contribution in [3.8, 4) is 11.5 Å². The highest BCUT2D eigenvalue weighted by Crippen LogP contribution is 2.37. The van der Waals surface area contributed by atoms with Gasteiger partial charge in [0.15, 0.2) is 0 Å². The van der Waals surface area contributed by atoms with Crippen molar-refractivity contribution in [1.82, 2.24) is 0 Å². The van der Waals surface area contributed by atoms with Crippen molar-refractivity contribution in [2.75, 3.05) is 24.4 Å². The maximum absolute atomic E-state index is 13.5. The van der Waals surface area contributed by atoms with Gasteiger partial charge in [-0.25, -0.2) is 0 Å².